The SMILES string of the molecule is COc1ccc(NC(C)c2cc(C)cc(C)c2)c(OC)c1. The van der Waals surface area contributed by atoms with Crippen LogP contribution in [0.5, 0.6) is 11.5 Å². The number of methoxy groups -OCH3 is 2. The molecular weight excluding hydrogens is 262 g/mol. The van der Waals surface area contributed by atoms with Crippen molar-refractivity contribution in [3.05, 3.63) is 53.1 Å². The molecule has 112 valence electrons. The van der Waals surface area contributed by atoms with Gasteiger partial charge in [0.2, 0.25) is 0 Å². The van der Waals surface area contributed by atoms with E-state index in [1.165, 1.54) is 16.7 Å². The Kier molecular flexibility index (Phi) is 4.73. The van der Waals surface area contributed by atoms with Gasteiger partial charge in [0.25, 0.3) is 0 Å². The fourth-order valence-electron chi connectivity index (χ4n) is 2.49. The van der Waals surface area contributed by atoms with Crippen molar-refractivity contribution in [1.82, 2.24) is 0 Å². The molecule has 0 fully saturated rings. The maximum Gasteiger partial charge on any atom is 0.145 e. The average Bonchev–Trinajstić information content (AvgIpc) is 2.46. The molecule has 3 nitrogen and oxygen atoms in total. The maximum absolute atomic E-state index is 5.43. The fourth-order valence-corrected chi connectivity index (χ4v) is 2.49. The first-order valence-electron chi connectivity index (χ1n) is 7.10. The third-order valence-corrected chi connectivity index (χ3v) is 3.52. The van der Waals surface area contributed by atoms with Gasteiger partial charge >= 0.3 is 0 Å². The number of anilines is 1. The number of hydrogen-bond donors (Lipinski definition) is 1. The number of rotatable bonds is 5. The predicted octanol–water partition coefficient (Wildman–Crippen LogP) is 4.49. The molecule has 0 aliphatic heterocycles. The molecule has 0 saturated heterocycles. The minimum atomic E-state index is 0.200. The monoisotopic (exact) mass is 285 g/mol. The molecule has 2 aromatic rings. The standard InChI is InChI=1S/C18H23NO2/c1-12-8-13(2)10-15(9-12)14(3)19-17-7-6-16(20-4)11-18(17)21-5/h6-11,14,19H,1-5H3. The molecule has 0 aliphatic carbocycles. The third-order valence-electron chi connectivity index (χ3n) is 3.52. The molecular formula is C18H23NO2. The second-order valence-electron chi connectivity index (χ2n) is 5.35. The summed E-state index contributed by atoms with van der Waals surface area (Å²) >= 11 is 0. The number of nitrogens with one attached hydrogen (secondary N) is 1. The molecule has 21 heavy (non-hydrogen) atoms. The lowest BCUT2D eigenvalue weighted by Crippen LogP contribution is -2.08. The van der Waals surface area contributed by atoms with E-state index in [0.29, 0.717) is 0 Å². The molecule has 0 aliphatic rings. The van der Waals surface area contributed by atoms with Crippen LogP contribution < -0.4 is 14.8 Å². The van der Waals surface area contributed by atoms with Crippen LogP contribution in [0.2, 0.25) is 0 Å². The van der Waals surface area contributed by atoms with Crippen molar-refractivity contribution in [3.8, 4) is 11.5 Å². The summed E-state index contributed by atoms with van der Waals surface area (Å²) in [4.78, 5) is 0. The van der Waals surface area contributed by atoms with Crippen molar-refractivity contribution in [1.29, 1.82) is 0 Å². The van der Waals surface area contributed by atoms with Crippen molar-refractivity contribution in [3.63, 3.8) is 0 Å². The normalized spacial score (nSPS) is 11.9. The molecule has 0 radical (unpaired) electrons. The molecule has 3 heteroatoms. The number of aryl methyl sites for hydroxylation is 2. The summed E-state index contributed by atoms with van der Waals surface area (Å²) < 4.78 is 10.7. The second-order valence-corrected chi connectivity index (χ2v) is 5.35. The number of benzene rings is 2. The van der Waals surface area contributed by atoms with E-state index in [9.17, 15) is 0 Å². The zero-order valence-corrected chi connectivity index (χ0v) is 13.4. The van der Waals surface area contributed by atoms with Crippen molar-refractivity contribution >= 4 is 5.69 Å². The summed E-state index contributed by atoms with van der Waals surface area (Å²) in [7, 11) is 3.32. The molecule has 0 spiro atoms. The Bertz CT molecular complexity index is 602. The van der Waals surface area contributed by atoms with E-state index in [4.69, 9.17) is 9.47 Å². The molecule has 2 rings (SSSR count). The van der Waals surface area contributed by atoms with Crippen LogP contribution in [0.4, 0.5) is 5.69 Å². The van der Waals surface area contributed by atoms with Gasteiger partial charge in [-0.1, -0.05) is 29.3 Å². The lowest BCUT2D eigenvalue weighted by Gasteiger charge is -2.19. The summed E-state index contributed by atoms with van der Waals surface area (Å²) in [6.45, 7) is 6.40. The summed E-state index contributed by atoms with van der Waals surface area (Å²) in [5, 5.41) is 3.50. The van der Waals surface area contributed by atoms with E-state index < -0.39 is 0 Å². The first-order valence-corrected chi connectivity index (χ1v) is 7.10. The zero-order chi connectivity index (χ0) is 15.4. The zero-order valence-electron chi connectivity index (χ0n) is 13.4. The van der Waals surface area contributed by atoms with Gasteiger partial charge in [-0.25, -0.2) is 0 Å². The van der Waals surface area contributed by atoms with E-state index in [1.807, 2.05) is 18.2 Å². The van der Waals surface area contributed by atoms with Crippen molar-refractivity contribution in [2.75, 3.05) is 19.5 Å². The summed E-state index contributed by atoms with van der Waals surface area (Å²) in [6, 6.07) is 12.6. The highest BCUT2D eigenvalue weighted by Gasteiger charge is 2.10. The predicted molar refractivity (Wildman–Crippen MR) is 87.5 cm³/mol. The van der Waals surface area contributed by atoms with E-state index in [1.54, 1.807) is 14.2 Å². The van der Waals surface area contributed by atoms with Crippen LogP contribution in [0.1, 0.15) is 29.7 Å². The van der Waals surface area contributed by atoms with Gasteiger partial charge in [-0.05, 0) is 38.5 Å². The Labute approximate surface area is 126 Å². The smallest absolute Gasteiger partial charge is 0.145 e. The highest BCUT2D eigenvalue weighted by molar-refractivity contribution is 5.60. The molecule has 1 atom stereocenters. The molecule has 0 saturated carbocycles. The quantitative estimate of drug-likeness (QED) is 0.877. The van der Waals surface area contributed by atoms with Crippen molar-refractivity contribution in [2.45, 2.75) is 26.8 Å². The largest absolute Gasteiger partial charge is 0.497 e. The van der Waals surface area contributed by atoms with Crippen LogP contribution in [0, 0.1) is 13.8 Å². The number of ether oxygens (including phenoxy) is 2. The molecule has 0 amide bonds. The summed E-state index contributed by atoms with van der Waals surface area (Å²) in [6.07, 6.45) is 0. The van der Waals surface area contributed by atoms with Gasteiger partial charge in [-0.15, -0.1) is 0 Å². The van der Waals surface area contributed by atoms with Crippen molar-refractivity contribution < 1.29 is 9.47 Å². The van der Waals surface area contributed by atoms with Gasteiger partial charge in [0.1, 0.15) is 11.5 Å². The minimum Gasteiger partial charge on any atom is -0.497 e. The van der Waals surface area contributed by atoms with Crippen LogP contribution >= 0.6 is 0 Å². The first kappa shape index (κ1) is 15.2. The van der Waals surface area contributed by atoms with Gasteiger partial charge in [-0.3, -0.25) is 0 Å². The summed E-state index contributed by atoms with van der Waals surface area (Å²) in [5.41, 5.74) is 4.79. The Morgan fingerprint density at radius 1 is 0.905 bits per heavy atom. The Hall–Kier alpha value is -2.16. The fraction of sp³-hybridized carbons (Fsp3) is 0.333. The van der Waals surface area contributed by atoms with Crippen LogP contribution in [0.15, 0.2) is 36.4 Å². The Morgan fingerprint density at radius 3 is 2.14 bits per heavy atom. The first-order chi connectivity index (χ1) is 10.0. The highest BCUT2D eigenvalue weighted by Crippen LogP contribution is 2.32. The minimum absolute atomic E-state index is 0.200. The molecule has 2 aromatic carbocycles. The average molecular weight is 285 g/mol. The third kappa shape index (κ3) is 3.69. The van der Waals surface area contributed by atoms with E-state index in [-0.39, 0.29) is 6.04 Å². The van der Waals surface area contributed by atoms with Gasteiger partial charge in [0.05, 0.1) is 19.9 Å². The van der Waals surface area contributed by atoms with E-state index >= 15 is 0 Å². The van der Waals surface area contributed by atoms with E-state index in [2.05, 4.69) is 44.3 Å². The van der Waals surface area contributed by atoms with Gasteiger partial charge in [0, 0.05) is 12.1 Å². The van der Waals surface area contributed by atoms with Crippen LogP contribution in [-0.2, 0) is 0 Å². The van der Waals surface area contributed by atoms with Crippen LogP contribution in [-0.4, -0.2) is 14.2 Å². The second kappa shape index (κ2) is 6.53. The lowest BCUT2D eigenvalue weighted by atomic mass is 10.0. The van der Waals surface area contributed by atoms with Crippen LogP contribution in [0.3, 0.4) is 0 Å². The Balaban J connectivity index is 2.24. The lowest BCUT2D eigenvalue weighted by molar-refractivity contribution is 0.395. The number of hydrogen-bond acceptors (Lipinski definition) is 3. The van der Waals surface area contributed by atoms with Gasteiger partial charge in [0.15, 0.2) is 0 Å². The van der Waals surface area contributed by atoms with Crippen LogP contribution in [0.25, 0.3) is 0 Å². The highest BCUT2D eigenvalue weighted by atomic mass is 16.5. The molecule has 1 N–H and O–H groups in total. The molecule has 1 unspecified atom stereocenters. The summed E-state index contributed by atoms with van der Waals surface area (Å²) in [5.74, 6) is 1.57. The van der Waals surface area contributed by atoms with Gasteiger partial charge < -0.3 is 14.8 Å². The molecule has 0 heterocycles. The van der Waals surface area contributed by atoms with Gasteiger partial charge in [-0.2, -0.15) is 0 Å². The Morgan fingerprint density at radius 2 is 1.57 bits per heavy atom. The molecule has 0 aromatic heterocycles. The topological polar surface area (TPSA) is 30.5 Å². The molecule has 0 bridgehead atoms. The van der Waals surface area contributed by atoms with E-state index in [0.717, 1.165) is 17.2 Å². The maximum atomic E-state index is 5.43. The van der Waals surface area contributed by atoms with Crippen molar-refractivity contribution in [2.24, 2.45) is 0 Å².